The van der Waals surface area contributed by atoms with Gasteiger partial charge in [-0.3, -0.25) is 0 Å². The molecule has 0 spiro atoms. The van der Waals surface area contributed by atoms with Gasteiger partial charge in [0.05, 0.1) is 6.61 Å². The van der Waals surface area contributed by atoms with Crippen molar-refractivity contribution in [2.45, 2.75) is 59.4 Å². The van der Waals surface area contributed by atoms with Crippen molar-refractivity contribution in [1.82, 2.24) is 5.32 Å². The standard InChI is InChI=1S/C18H31NO/c1-5-13-19-16(2)15-18(3,4)12-9-14-20-17-10-7-6-8-11-17/h6-8,10-11,16,19H,5,9,12-15H2,1-4H3. The van der Waals surface area contributed by atoms with E-state index in [0.717, 1.165) is 25.3 Å². The molecule has 0 radical (unpaired) electrons. The molecule has 0 bridgehead atoms. The lowest BCUT2D eigenvalue weighted by Gasteiger charge is -2.28. The molecular weight excluding hydrogens is 246 g/mol. The topological polar surface area (TPSA) is 21.3 Å². The molecule has 2 heteroatoms. The fraction of sp³-hybridized carbons (Fsp3) is 0.667. The third-order valence-electron chi connectivity index (χ3n) is 3.61. The Bertz CT molecular complexity index is 348. The van der Waals surface area contributed by atoms with E-state index in [9.17, 15) is 0 Å². The molecule has 0 aliphatic rings. The SMILES string of the molecule is CCCNC(C)CC(C)(C)CCCOc1ccccc1. The monoisotopic (exact) mass is 277 g/mol. The van der Waals surface area contributed by atoms with Crippen molar-refractivity contribution in [3.8, 4) is 5.75 Å². The normalized spacial score (nSPS) is 13.2. The van der Waals surface area contributed by atoms with Crippen LogP contribution < -0.4 is 10.1 Å². The van der Waals surface area contributed by atoms with E-state index in [4.69, 9.17) is 4.74 Å². The third kappa shape index (κ3) is 7.54. The zero-order valence-electron chi connectivity index (χ0n) is 13.6. The first kappa shape index (κ1) is 17.0. The van der Waals surface area contributed by atoms with Crippen molar-refractivity contribution < 1.29 is 4.74 Å². The molecule has 1 rings (SSSR count). The second-order valence-corrected chi connectivity index (χ2v) is 6.49. The summed E-state index contributed by atoms with van der Waals surface area (Å²) >= 11 is 0. The van der Waals surface area contributed by atoms with Crippen LogP contribution >= 0.6 is 0 Å². The summed E-state index contributed by atoms with van der Waals surface area (Å²) in [5, 5.41) is 3.57. The summed E-state index contributed by atoms with van der Waals surface area (Å²) in [6, 6.07) is 10.7. The van der Waals surface area contributed by atoms with E-state index in [0.29, 0.717) is 11.5 Å². The molecular formula is C18H31NO. The maximum Gasteiger partial charge on any atom is 0.119 e. The summed E-state index contributed by atoms with van der Waals surface area (Å²) in [5.41, 5.74) is 0.375. The van der Waals surface area contributed by atoms with Gasteiger partial charge in [-0.2, -0.15) is 0 Å². The van der Waals surface area contributed by atoms with Crippen molar-refractivity contribution in [1.29, 1.82) is 0 Å². The van der Waals surface area contributed by atoms with E-state index < -0.39 is 0 Å². The Morgan fingerprint density at radius 1 is 1.20 bits per heavy atom. The van der Waals surface area contributed by atoms with Crippen molar-refractivity contribution in [2.24, 2.45) is 5.41 Å². The van der Waals surface area contributed by atoms with Gasteiger partial charge in [0.2, 0.25) is 0 Å². The molecule has 1 N–H and O–H groups in total. The molecule has 2 nitrogen and oxygen atoms in total. The Morgan fingerprint density at radius 2 is 1.90 bits per heavy atom. The van der Waals surface area contributed by atoms with Crippen LogP contribution in [0.3, 0.4) is 0 Å². The molecule has 0 amide bonds. The van der Waals surface area contributed by atoms with Gasteiger partial charge in [-0.25, -0.2) is 0 Å². The largest absolute Gasteiger partial charge is 0.494 e. The molecule has 0 aliphatic carbocycles. The number of rotatable bonds is 10. The van der Waals surface area contributed by atoms with Crippen LogP contribution in [0, 0.1) is 5.41 Å². The summed E-state index contributed by atoms with van der Waals surface area (Å²) < 4.78 is 5.76. The Hall–Kier alpha value is -1.02. The van der Waals surface area contributed by atoms with Crippen LogP contribution in [-0.4, -0.2) is 19.2 Å². The Kier molecular flexibility index (Phi) is 7.68. The van der Waals surface area contributed by atoms with Crippen LogP contribution in [0.15, 0.2) is 30.3 Å². The van der Waals surface area contributed by atoms with Crippen molar-refractivity contribution in [3.63, 3.8) is 0 Å². The molecule has 0 fully saturated rings. The fourth-order valence-corrected chi connectivity index (χ4v) is 2.65. The van der Waals surface area contributed by atoms with E-state index in [2.05, 4.69) is 33.0 Å². The van der Waals surface area contributed by atoms with Gasteiger partial charge in [-0.05, 0) is 56.7 Å². The fourth-order valence-electron chi connectivity index (χ4n) is 2.65. The summed E-state index contributed by atoms with van der Waals surface area (Å²) in [6.45, 7) is 11.2. The first-order valence-electron chi connectivity index (χ1n) is 7.95. The predicted molar refractivity (Wildman–Crippen MR) is 87.3 cm³/mol. The smallest absolute Gasteiger partial charge is 0.119 e. The van der Waals surface area contributed by atoms with Crippen molar-refractivity contribution in [3.05, 3.63) is 30.3 Å². The van der Waals surface area contributed by atoms with Crippen LogP contribution in [0.2, 0.25) is 0 Å². The third-order valence-corrected chi connectivity index (χ3v) is 3.61. The van der Waals surface area contributed by atoms with Gasteiger partial charge < -0.3 is 10.1 Å². The van der Waals surface area contributed by atoms with Gasteiger partial charge in [0.15, 0.2) is 0 Å². The second-order valence-electron chi connectivity index (χ2n) is 6.49. The van der Waals surface area contributed by atoms with E-state index in [-0.39, 0.29) is 0 Å². The van der Waals surface area contributed by atoms with Gasteiger partial charge in [-0.1, -0.05) is 39.0 Å². The Balaban J connectivity index is 2.19. The van der Waals surface area contributed by atoms with Gasteiger partial charge in [-0.15, -0.1) is 0 Å². The van der Waals surface area contributed by atoms with Crippen LogP contribution in [-0.2, 0) is 0 Å². The quantitative estimate of drug-likeness (QED) is 0.629. The predicted octanol–water partition coefficient (Wildman–Crippen LogP) is 4.65. The van der Waals surface area contributed by atoms with Crippen molar-refractivity contribution >= 4 is 0 Å². The number of hydrogen-bond acceptors (Lipinski definition) is 2. The molecule has 114 valence electrons. The number of para-hydroxylation sites is 1. The average molecular weight is 277 g/mol. The molecule has 1 atom stereocenters. The highest BCUT2D eigenvalue weighted by molar-refractivity contribution is 5.20. The highest BCUT2D eigenvalue weighted by atomic mass is 16.5. The highest BCUT2D eigenvalue weighted by Crippen LogP contribution is 2.28. The van der Waals surface area contributed by atoms with Crippen LogP contribution in [0.25, 0.3) is 0 Å². The van der Waals surface area contributed by atoms with Crippen LogP contribution in [0.4, 0.5) is 0 Å². The minimum Gasteiger partial charge on any atom is -0.494 e. The first-order valence-corrected chi connectivity index (χ1v) is 7.95. The molecule has 1 unspecified atom stereocenters. The minimum atomic E-state index is 0.375. The molecule has 0 saturated carbocycles. The molecule has 0 aromatic heterocycles. The van der Waals surface area contributed by atoms with Gasteiger partial charge >= 0.3 is 0 Å². The van der Waals surface area contributed by atoms with Gasteiger partial charge in [0, 0.05) is 6.04 Å². The maximum atomic E-state index is 5.76. The zero-order valence-corrected chi connectivity index (χ0v) is 13.6. The number of benzene rings is 1. The summed E-state index contributed by atoms with van der Waals surface area (Å²) in [5.74, 6) is 0.975. The Morgan fingerprint density at radius 3 is 2.55 bits per heavy atom. The molecule has 1 aromatic carbocycles. The summed E-state index contributed by atoms with van der Waals surface area (Å²) in [6.07, 6.45) is 4.74. The summed E-state index contributed by atoms with van der Waals surface area (Å²) in [7, 11) is 0. The molecule has 20 heavy (non-hydrogen) atoms. The van der Waals surface area contributed by atoms with Crippen LogP contribution in [0.5, 0.6) is 5.75 Å². The molecule has 1 aromatic rings. The summed E-state index contributed by atoms with van der Waals surface area (Å²) in [4.78, 5) is 0. The number of hydrogen-bond donors (Lipinski definition) is 1. The van der Waals surface area contributed by atoms with E-state index >= 15 is 0 Å². The van der Waals surface area contributed by atoms with E-state index in [1.165, 1.54) is 19.3 Å². The van der Waals surface area contributed by atoms with E-state index in [1.54, 1.807) is 0 Å². The molecule has 0 saturated heterocycles. The zero-order chi connectivity index (χ0) is 14.8. The molecule has 0 aliphatic heterocycles. The lowest BCUT2D eigenvalue weighted by Crippen LogP contribution is -2.32. The van der Waals surface area contributed by atoms with Crippen molar-refractivity contribution in [2.75, 3.05) is 13.2 Å². The maximum absolute atomic E-state index is 5.76. The molecule has 0 heterocycles. The Labute approximate surface area is 124 Å². The highest BCUT2D eigenvalue weighted by Gasteiger charge is 2.20. The lowest BCUT2D eigenvalue weighted by atomic mass is 9.82. The number of ether oxygens (including phenoxy) is 1. The number of nitrogens with one attached hydrogen (secondary N) is 1. The minimum absolute atomic E-state index is 0.375. The second kappa shape index (κ2) is 9.02. The average Bonchev–Trinajstić information content (AvgIpc) is 2.42. The lowest BCUT2D eigenvalue weighted by molar-refractivity contribution is 0.228. The van der Waals surface area contributed by atoms with Gasteiger partial charge in [0.1, 0.15) is 5.75 Å². The first-order chi connectivity index (χ1) is 9.53. The van der Waals surface area contributed by atoms with E-state index in [1.807, 2.05) is 30.3 Å². The van der Waals surface area contributed by atoms with Crippen LogP contribution in [0.1, 0.15) is 53.4 Å². The van der Waals surface area contributed by atoms with Gasteiger partial charge in [0.25, 0.3) is 0 Å².